The largest absolute Gasteiger partial charge is 0.461 e. The second-order valence-electron chi connectivity index (χ2n) is 16.3. The highest BCUT2D eigenvalue weighted by Gasteiger charge is 2.72. The number of nitrogens with two attached hydrogens (primary N) is 1. The molecular weight excluding hydrogens is 736 g/mol. The molecule has 0 bridgehead atoms. The third kappa shape index (κ3) is 7.31. The molecule has 3 saturated carbocycles. The molecule has 57 heavy (non-hydrogen) atoms. The Balaban J connectivity index is 0.867. The van der Waals surface area contributed by atoms with Gasteiger partial charge in [-0.15, -0.1) is 0 Å². The van der Waals surface area contributed by atoms with Crippen LogP contribution in [0.4, 0.5) is 14.5 Å². The van der Waals surface area contributed by atoms with Crippen LogP contribution in [-0.2, 0) is 40.1 Å². The topological polar surface area (TPSA) is 175 Å². The van der Waals surface area contributed by atoms with Crippen LogP contribution in [0.5, 0.6) is 0 Å². The molecule has 1 heterocycles. The lowest BCUT2D eigenvalue weighted by Gasteiger charge is -2.62. The summed E-state index contributed by atoms with van der Waals surface area (Å²) in [5.74, 6) is -5.03. The van der Waals surface area contributed by atoms with E-state index in [2.05, 4.69) is 10.3 Å². The first-order chi connectivity index (χ1) is 27.2. The van der Waals surface area contributed by atoms with Crippen molar-refractivity contribution in [1.82, 2.24) is 4.98 Å². The van der Waals surface area contributed by atoms with Gasteiger partial charge in [-0.3, -0.25) is 29.0 Å². The molecular formula is C44H47F2N3O8. The number of pyridine rings is 1. The summed E-state index contributed by atoms with van der Waals surface area (Å²) in [5.41, 5.74) is 3.41. The van der Waals surface area contributed by atoms with E-state index in [-0.39, 0.29) is 56.1 Å². The van der Waals surface area contributed by atoms with E-state index in [1.807, 2.05) is 25.1 Å². The number of amides is 1. The number of benzene rings is 2. The molecule has 1 aromatic heterocycles. The van der Waals surface area contributed by atoms with Gasteiger partial charge in [-0.25, -0.2) is 8.78 Å². The van der Waals surface area contributed by atoms with Crippen molar-refractivity contribution in [3.63, 3.8) is 0 Å². The molecule has 7 rings (SSSR count). The number of ether oxygens (including phenoxy) is 2. The summed E-state index contributed by atoms with van der Waals surface area (Å²) >= 11 is 0. The van der Waals surface area contributed by atoms with Crippen molar-refractivity contribution in [3.05, 3.63) is 95.9 Å². The monoisotopic (exact) mass is 783 g/mol. The van der Waals surface area contributed by atoms with Gasteiger partial charge in [0.2, 0.25) is 5.91 Å². The zero-order valence-electron chi connectivity index (χ0n) is 31.9. The number of alkyl halides is 2. The van der Waals surface area contributed by atoms with Crippen molar-refractivity contribution in [2.24, 2.45) is 34.3 Å². The molecule has 4 aliphatic carbocycles. The molecule has 2 aromatic carbocycles. The number of nitrogens with zero attached hydrogens (tertiary/aromatic N) is 1. The number of fused-ring (bicyclic) bond motifs is 6. The van der Waals surface area contributed by atoms with Crippen molar-refractivity contribution in [3.8, 4) is 0 Å². The summed E-state index contributed by atoms with van der Waals surface area (Å²) in [5, 5.41) is 16.2. The molecule has 0 saturated heterocycles. The standard InChI is InChI=1S/C44H47F2N3O8/c1-42-20-38(52)44(46)34(19-36(45)35-18-30(50)13-15-43(35,44)2)32(42)9-10-33(42)37(51)24-57-40(54)12-11-39(53)56-23-25-3-5-26(6-4-25)31(21-47)41(55)49-29-8-7-28-22-48-16-14-27(28)17-29/h3-8,13-18,22,31-34,36,38,52H,9-12,19-21,23-24,47H2,1-2H3,(H,49,55)/t31-,32+,33-,34+,36+,38+,42+,43+,44+/m1/s1. The third-order valence-corrected chi connectivity index (χ3v) is 13.2. The molecule has 0 unspecified atom stereocenters. The van der Waals surface area contributed by atoms with Crippen LogP contribution in [0.25, 0.3) is 10.8 Å². The lowest BCUT2D eigenvalue weighted by atomic mass is 9.45. The highest BCUT2D eigenvalue weighted by molar-refractivity contribution is 6.01. The van der Waals surface area contributed by atoms with Crippen LogP contribution in [0.3, 0.4) is 0 Å². The number of aliphatic hydroxyl groups excluding tert-OH is 1. The number of nitrogens with one attached hydrogen (secondary N) is 1. The summed E-state index contributed by atoms with van der Waals surface area (Å²) in [6, 6.07) is 14.3. The maximum atomic E-state index is 17.3. The Bertz CT molecular complexity index is 2160. The maximum Gasteiger partial charge on any atom is 0.306 e. The summed E-state index contributed by atoms with van der Waals surface area (Å²) in [6.45, 7) is 2.82. The van der Waals surface area contributed by atoms with Gasteiger partial charge in [0.05, 0.1) is 24.9 Å². The number of rotatable bonds is 12. The Kier molecular flexibility index (Phi) is 11.0. The number of allylic oxidation sites excluding steroid dienone is 4. The summed E-state index contributed by atoms with van der Waals surface area (Å²) in [7, 11) is 0. The molecule has 3 aromatic rings. The summed E-state index contributed by atoms with van der Waals surface area (Å²) in [4.78, 5) is 67.8. The fourth-order valence-electron chi connectivity index (χ4n) is 10.1. The molecule has 4 aliphatic rings. The molecule has 300 valence electrons. The minimum Gasteiger partial charge on any atom is -0.461 e. The molecule has 1 amide bonds. The van der Waals surface area contributed by atoms with Gasteiger partial charge < -0.3 is 25.6 Å². The Morgan fingerprint density at radius 3 is 2.47 bits per heavy atom. The average molecular weight is 784 g/mol. The van der Waals surface area contributed by atoms with Gasteiger partial charge in [-0.05, 0) is 96.4 Å². The van der Waals surface area contributed by atoms with Crippen LogP contribution in [0.2, 0.25) is 0 Å². The van der Waals surface area contributed by atoms with E-state index in [1.54, 1.807) is 42.7 Å². The lowest BCUT2D eigenvalue weighted by molar-refractivity contribution is -0.202. The Morgan fingerprint density at radius 2 is 1.74 bits per heavy atom. The Morgan fingerprint density at radius 1 is 1.00 bits per heavy atom. The molecule has 9 atom stereocenters. The normalized spacial score (nSPS) is 30.7. The lowest BCUT2D eigenvalue weighted by Crippen LogP contribution is -2.68. The van der Waals surface area contributed by atoms with E-state index in [4.69, 9.17) is 15.2 Å². The molecule has 11 nitrogen and oxygen atoms in total. The van der Waals surface area contributed by atoms with Crippen LogP contribution in [-0.4, -0.2) is 70.6 Å². The fourth-order valence-corrected chi connectivity index (χ4v) is 10.1. The number of anilines is 1. The van der Waals surface area contributed by atoms with Gasteiger partial charge in [0, 0.05) is 47.3 Å². The quantitative estimate of drug-likeness (QED) is 0.191. The third-order valence-electron chi connectivity index (χ3n) is 13.2. The number of carbonyl (C=O) groups excluding carboxylic acids is 5. The molecule has 0 spiro atoms. The Hall–Kier alpha value is -5.14. The van der Waals surface area contributed by atoms with E-state index in [9.17, 15) is 29.1 Å². The van der Waals surface area contributed by atoms with Gasteiger partial charge in [-0.2, -0.15) is 0 Å². The van der Waals surface area contributed by atoms with Gasteiger partial charge in [0.25, 0.3) is 0 Å². The predicted molar refractivity (Wildman–Crippen MR) is 206 cm³/mol. The number of aliphatic hydroxyl groups is 1. The molecule has 13 heteroatoms. The van der Waals surface area contributed by atoms with Crippen LogP contribution in [0, 0.1) is 28.6 Å². The number of aromatic nitrogens is 1. The van der Waals surface area contributed by atoms with Crippen molar-refractivity contribution < 1.29 is 47.3 Å². The number of hydrogen-bond donors (Lipinski definition) is 3. The van der Waals surface area contributed by atoms with Crippen LogP contribution in [0.15, 0.2) is 84.7 Å². The number of halogens is 2. The van der Waals surface area contributed by atoms with E-state index in [0.29, 0.717) is 29.7 Å². The predicted octanol–water partition coefficient (Wildman–Crippen LogP) is 5.79. The maximum absolute atomic E-state index is 17.3. The van der Waals surface area contributed by atoms with E-state index in [1.165, 1.54) is 19.1 Å². The van der Waals surface area contributed by atoms with Crippen molar-refractivity contribution in [2.45, 2.75) is 82.8 Å². The van der Waals surface area contributed by atoms with Gasteiger partial charge in [-0.1, -0.05) is 43.3 Å². The van der Waals surface area contributed by atoms with Crippen LogP contribution in [0.1, 0.15) is 69.4 Å². The number of Topliss-reactive ketones (excluding diaryl/α,β-unsaturated/α-hetero) is 1. The minimum atomic E-state index is -2.23. The first-order valence-electron chi connectivity index (χ1n) is 19.4. The molecule has 0 aliphatic heterocycles. The first kappa shape index (κ1) is 40.1. The van der Waals surface area contributed by atoms with Crippen LogP contribution < -0.4 is 11.1 Å². The average Bonchev–Trinajstić information content (AvgIpc) is 3.54. The van der Waals surface area contributed by atoms with E-state index in [0.717, 1.165) is 16.8 Å². The van der Waals surface area contributed by atoms with E-state index < -0.39 is 76.8 Å². The molecule has 0 radical (unpaired) electrons. The van der Waals surface area contributed by atoms with Gasteiger partial charge >= 0.3 is 11.9 Å². The zero-order valence-corrected chi connectivity index (χ0v) is 31.9. The summed E-state index contributed by atoms with van der Waals surface area (Å²) < 4.78 is 43.5. The smallest absolute Gasteiger partial charge is 0.306 e. The summed E-state index contributed by atoms with van der Waals surface area (Å²) in [6.07, 6.45) is 4.07. The van der Waals surface area contributed by atoms with Crippen molar-refractivity contribution in [2.75, 3.05) is 18.5 Å². The second-order valence-corrected chi connectivity index (χ2v) is 16.3. The number of hydrogen-bond acceptors (Lipinski definition) is 10. The fraction of sp³-hybridized carbons (Fsp3) is 0.455. The number of carbonyl (C=O) groups is 5. The minimum absolute atomic E-state index is 0.0431. The van der Waals surface area contributed by atoms with Crippen molar-refractivity contribution >= 4 is 45.9 Å². The molecule has 4 N–H and O–H groups in total. The second kappa shape index (κ2) is 15.7. The van der Waals surface area contributed by atoms with Crippen LogP contribution >= 0.6 is 0 Å². The highest BCUT2D eigenvalue weighted by Crippen LogP contribution is 2.69. The number of esters is 2. The van der Waals surface area contributed by atoms with Gasteiger partial charge in [0.1, 0.15) is 19.4 Å². The van der Waals surface area contributed by atoms with E-state index >= 15 is 8.78 Å². The zero-order chi connectivity index (χ0) is 40.7. The Labute approximate surface area is 329 Å². The number of ketones is 2. The van der Waals surface area contributed by atoms with Gasteiger partial charge in [0.15, 0.2) is 17.2 Å². The first-order valence-corrected chi connectivity index (χ1v) is 19.4. The van der Waals surface area contributed by atoms with Crippen molar-refractivity contribution in [1.29, 1.82) is 0 Å². The molecule has 3 fully saturated rings. The highest BCUT2D eigenvalue weighted by atomic mass is 19.1. The SMILES string of the molecule is C[C@]12C[C@H](O)[C@@]3(F)[C@@H](C[C@H](F)C4=CC(=O)C=C[C@@]43C)[C@@H]1CC[C@@H]2C(=O)COC(=O)CCC(=O)OCc1ccc([C@@H](CN)C(=O)Nc2ccc3cnccc3c2)cc1.